The van der Waals surface area contributed by atoms with E-state index in [0.29, 0.717) is 11.3 Å². The molecule has 1 saturated heterocycles. The Kier molecular flexibility index (Phi) is 4.48. The predicted octanol–water partition coefficient (Wildman–Crippen LogP) is 2.10. The van der Waals surface area contributed by atoms with Crippen molar-refractivity contribution in [3.8, 4) is 0 Å². The number of carbonyl (C=O) groups excluding carboxylic acids is 1. The third-order valence-electron chi connectivity index (χ3n) is 4.35. The second-order valence-electron chi connectivity index (χ2n) is 6.32. The summed E-state index contributed by atoms with van der Waals surface area (Å²) in [6.45, 7) is 8.39. The van der Waals surface area contributed by atoms with Gasteiger partial charge in [0.25, 0.3) is 0 Å². The fourth-order valence-corrected chi connectivity index (χ4v) is 2.59. The minimum absolute atomic E-state index is 0. The third kappa shape index (κ3) is 3.35. The first-order chi connectivity index (χ1) is 7.44. The fourth-order valence-electron chi connectivity index (χ4n) is 2.59. The Hall–Kier alpha value is -0.280. The zero-order valence-electron chi connectivity index (χ0n) is 11.1. The number of rotatable bonds is 3. The van der Waals surface area contributed by atoms with Crippen molar-refractivity contribution in [1.29, 1.82) is 0 Å². The molecular weight excluding hydrogens is 236 g/mol. The molecule has 2 atom stereocenters. The maximum Gasteiger partial charge on any atom is 0.240 e. The van der Waals surface area contributed by atoms with Crippen LogP contribution in [0, 0.1) is 11.3 Å². The lowest BCUT2D eigenvalue weighted by atomic mass is 9.90. The molecule has 100 valence electrons. The Balaban J connectivity index is 0.00000144. The van der Waals surface area contributed by atoms with Crippen molar-refractivity contribution in [1.82, 2.24) is 10.6 Å². The molecule has 3 nitrogen and oxygen atoms in total. The van der Waals surface area contributed by atoms with E-state index in [4.69, 9.17) is 0 Å². The van der Waals surface area contributed by atoms with Gasteiger partial charge in [0, 0.05) is 6.54 Å². The van der Waals surface area contributed by atoms with Crippen molar-refractivity contribution in [2.24, 2.45) is 11.3 Å². The van der Waals surface area contributed by atoms with Crippen LogP contribution >= 0.6 is 12.4 Å². The van der Waals surface area contributed by atoms with Gasteiger partial charge in [0.15, 0.2) is 0 Å². The Morgan fingerprint density at radius 2 is 2.00 bits per heavy atom. The highest BCUT2D eigenvalue weighted by atomic mass is 35.5. The highest BCUT2D eigenvalue weighted by Gasteiger charge is 2.46. The van der Waals surface area contributed by atoms with Gasteiger partial charge >= 0.3 is 0 Å². The van der Waals surface area contributed by atoms with Crippen LogP contribution in [0.15, 0.2) is 0 Å². The summed E-state index contributed by atoms with van der Waals surface area (Å²) >= 11 is 0. The number of nitrogens with one attached hydrogen (secondary N) is 2. The molecule has 2 fully saturated rings. The topological polar surface area (TPSA) is 41.1 Å². The first kappa shape index (κ1) is 14.8. The van der Waals surface area contributed by atoms with Gasteiger partial charge in [0.05, 0.1) is 5.54 Å². The average Bonchev–Trinajstić information content (AvgIpc) is 2.84. The van der Waals surface area contributed by atoms with Crippen LogP contribution in [0.5, 0.6) is 0 Å². The molecular formula is C13H25ClN2O. The lowest BCUT2D eigenvalue weighted by Crippen LogP contribution is -2.57. The molecule has 0 aromatic heterocycles. The maximum absolute atomic E-state index is 12.1. The van der Waals surface area contributed by atoms with Crippen LogP contribution in [0.4, 0.5) is 0 Å². The lowest BCUT2D eigenvalue weighted by Gasteiger charge is -2.33. The summed E-state index contributed by atoms with van der Waals surface area (Å²) in [5, 5.41) is 6.46. The summed E-state index contributed by atoms with van der Waals surface area (Å²) in [5.74, 6) is 0.874. The van der Waals surface area contributed by atoms with Gasteiger partial charge in [-0.1, -0.05) is 13.8 Å². The molecule has 1 saturated carbocycles. The average molecular weight is 261 g/mol. The maximum atomic E-state index is 12.1. The quantitative estimate of drug-likeness (QED) is 0.816. The summed E-state index contributed by atoms with van der Waals surface area (Å²) in [5.41, 5.74) is 0.130. The van der Waals surface area contributed by atoms with Crippen LogP contribution in [0.1, 0.15) is 46.5 Å². The van der Waals surface area contributed by atoms with Crippen LogP contribution < -0.4 is 10.6 Å². The van der Waals surface area contributed by atoms with Crippen molar-refractivity contribution in [2.45, 2.75) is 52.0 Å². The molecule has 4 heteroatoms. The molecule has 17 heavy (non-hydrogen) atoms. The second kappa shape index (κ2) is 5.15. The van der Waals surface area contributed by atoms with E-state index in [9.17, 15) is 4.79 Å². The number of halogens is 1. The smallest absolute Gasteiger partial charge is 0.240 e. The van der Waals surface area contributed by atoms with Crippen LogP contribution in [-0.4, -0.2) is 24.5 Å². The van der Waals surface area contributed by atoms with Crippen LogP contribution in [0.3, 0.4) is 0 Å². The molecule has 2 unspecified atom stereocenters. The number of piperidine rings is 1. The Morgan fingerprint density at radius 3 is 2.47 bits per heavy atom. The molecule has 0 aromatic rings. The minimum atomic E-state index is -0.322. The standard InChI is InChI=1S/C13H24N2O.ClH/c1-12(2)8-10(12)9-14-11(16)13(3)6-4-5-7-15-13;/h10,15H,4-9H2,1-3H3,(H,14,16);1H. The predicted molar refractivity (Wildman–Crippen MR) is 72.4 cm³/mol. The van der Waals surface area contributed by atoms with E-state index in [-0.39, 0.29) is 23.9 Å². The van der Waals surface area contributed by atoms with Crippen LogP contribution in [0.2, 0.25) is 0 Å². The van der Waals surface area contributed by atoms with Gasteiger partial charge in [-0.3, -0.25) is 4.79 Å². The first-order valence-corrected chi connectivity index (χ1v) is 6.47. The van der Waals surface area contributed by atoms with Gasteiger partial charge < -0.3 is 10.6 Å². The monoisotopic (exact) mass is 260 g/mol. The number of carbonyl (C=O) groups is 1. The molecule has 0 bridgehead atoms. The van der Waals surface area contributed by atoms with E-state index < -0.39 is 0 Å². The van der Waals surface area contributed by atoms with Gasteiger partial charge in [-0.05, 0) is 50.5 Å². The summed E-state index contributed by atoms with van der Waals surface area (Å²) in [6, 6.07) is 0. The van der Waals surface area contributed by atoms with Gasteiger partial charge in [-0.2, -0.15) is 0 Å². The largest absolute Gasteiger partial charge is 0.354 e. The van der Waals surface area contributed by atoms with Crippen LogP contribution in [0.25, 0.3) is 0 Å². The van der Waals surface area contributed by atoms with E-state index >= 15 is 0 Å². The lowest BCUT2D eigenvalue weighted by molar-refractivity contribution is -0.128. The van der Waals surface area contributed by atoms with Crippen LogP contribution in [-0.2, 0) is 4.79 Å². The van der Waals surface area contributed by atoms with Gasteiger partial charge in [0.2, 0.25) is 5.91 Å². The summed E-state index contributed by atoms with van der Waals surface area (Å²) in [6.07, 6.45) is 4.56. The van der Waals surface area contributed by atoms with E-state index in [2.05, 4.69) is 24.5 Å². The number of hydrogen-bond donors (Lipinski definition) is 2. The normalized spacial score (nSPS) is 34.6. The molecule has 2 aliphatic rings. The van der Waals surface area contributed by atoms with Crippen molar-refractivity contribution in [2.75, 3.05) is 13.1 Å². The van der Waals surface area contributed by atoms with Crippen molar-refractivity contribution in [3.05, 3.63) is 0 Å². The highest BCUT2D eigenvalue weighted by molar-refractivity contribution is 5.86. The third-order valence-corrected chi connectivity index (χ3v) is 4.35. The van der Waals surface area contributed by atoms with Gasteiger partial charge in [-0.25, -0.2) is 0 Å². The van der Waals surface area contributed by atoms with E-state index in [1.807, 2.05) is 6.92 Å². The number of hydrogen-bond acceptors (Lipinski definition) is 2. The van der Waals surface area contributed by atoms with E-state index in [1.165, 1.54) is 12.8 Å². The summed E-state index contributed by atoms with van der Waals surface area (Å²) < 4.78 is 0. The molecule has 1 heterocycles. The zero-order valence-corrected chi connectivity index (χ0v) is 12.0. The molecule has 1 aliphatic heterocycles. The Labute approximate surface area is 111 Å². The Morgan fingerprint density at radius 1 is 1.35 bits per heavy atom. The molecule has 1 aliphatic carbocycles. The zero-order chi connectivity index (χ0) is 11.8. The molecule has 0 radical (unpaired) electrons. The highest BCUT2D eigenvalue weighted by Crippen LogP contribution is 2.51. The van der Waals surface area contributed by atoms with Crippen molar-refractivity contribution >= 4 is 18.3 Å². The first-order valence-electron chi connectivity index (χ1n) is 6.47. The molecule has 0 aromatic carbocycles. The second-order valence-corrected chi connectivity index (χ2v) is 6.32. The Bertz CT molecular complexity index is 285. The van der Waals surface area contributed by atoms with Gasteiger partial charge in [-0.15, -0.1) is 12.4 Å². The number of amides is 1. The van der Waals surface area contributed by atoms with E-state index in [0.717, 1.165) is 25.9 Å². The molecule has 2 rings (SSSR count). The fraction of sp³-hybridized carbons (Fsp3) is 0.923. The van der Waals surface area contributed by atoms with Gasteiger partial charge in [0.1, 0.15) is 0 Å². The molecule has 2 N–H and O–H groups in total. The minimum Gasteiger partial charge on any atom is -0.354 e. The SMILES string of the molecule is CC1(C(=O)NCC2CC2(C)C)CCCCN1.Cl. The summed E-state index contributed by atoms with van der Waals surface area (Å²) in [7, 11) is 0. The van der Waals surface area contributed by atoms with Crippen molar-refractivity contribution < 1.29 is 4.79 Å². The van der Waals surface area contributed by atoms with Crippen molar-refractivity contribution in [3.63, 3.8) is 0 Å². The van der Waals surface area contributed by atoms with E-state index in [1.54, 1.807) is 0 Å². The molecule has 0 spiro atoms. The molecule has 1 amide bonds. The summed E-state index contributed by atoms with van der Waals surface area (Å²) in [4.78, 5) is 12.1.